The number of rotatable bonds is 2. The van der Waals surface area contributed by atoms with Crippen molar-refractivity contribution in [2.45, 2.75) is 30.8 Å². The van der Waals surface area contributed by atoms with Crippen LogP contribution in [0.15, 0.2) is 41.4 Å². The van der Waals surface area contributed by atoms with Crippen molar-refractivity contribution in [2.75, 3.05) is 0 Å². The molecule has 1 aromatic heterocycles. The Bertz CT molecular complexity index is 787. The summed E-state index contributed by atoms with van der Waals surface area (Å²) in [4.78, 5) is 4.41. The lowest BCUT2D eigenvalue weighted by molar-refractivity contribution is 0.171. The number of aromatic nitrogens is 1. The molecular weight excluding hydrogens is 288 g/mol. The SMILES string of the molecule is Cc1ccnc(C2CCc3ccc(S(N)(=O)=O)cc3O2)c1. The van der Waals surface area contributed by atoms with Gasteiger partial charge in [-0.15, -0.1) is 0 Å². The minimum Gasteiger partial charge on any atom is -0.484 e. The predicted molar refractivity (Wildman–Crippen MR) is 78.5 cm³/mol. The molecule has 1 unspecified atom stereocenters. The molecule has 0 fully saturated rings. The molecule has 2 aromatic rings. The van der Waals surface area contributed by atoms with Gasteiger partial charge in [-0.1, -0.05) is 6.07 Å². The molecule has 1 atom stereocenters. The van der Waals surface area contributed by atoms with Crippen molar-refractivity contribution < 1.29 is 13.2 Å². The fraction of sp³-hybridized carbons (Fsp3) is 0.267. The van der Waals surface area contributed by atoms with E-state index in [1.165, 1.54) is 12.1 Å². The fourth-order valence-corrected chi connectivity index (χ4v) is 3.00. The number of aryl methyl sites for hydroxylation is 2. The van der Waals surface area contributed by atoms with Gasteiger partial charge in [0, 0.05) is 12.3 Å². The van der Waals surface area contributed by atoms with E-state index in [-0.39, 0.29) is 11.0 Å². The summed E-state index contributed by atoms with van der Waals surface area (Å²) < 4.78 is 28.8. The monoisotopic (exact) mass is 304 g/mol. The minimum atomic E-state index is -3.72. The Balaban J connectivity index is 1.94. The Morgan fingerprint density at radius 1 is 1.29 bits per heavy atom. The van der Waals surface area contributed by atoms with Crippen LogP contribution in [0, 0.1) is 6.92 Å². The number of ether oxygens (including phenoxy) is 1. The zero-order chi connectivity index (χ0) is 15.0. The number of hydrogen-bond donors (Lipinski definition) is 1. The molecule has 110 valence electrons. The Hall–Kier alpha value is -1.92. The van der Waals surface area contributed by atoms with Crippen LogP contribution in [0.25, 0.3) is 0 Å². The van der Waals surface area contributed by atoms with Crippen molar-refractivity contribution >= 4 is 10.0 Å². The van der Waals surface area contributed by atoms with Gasteiger partial charge in [-0.05, 0) is 49.1 Å². The van der Waals surface area contributed by atoms with E-state index in [4.69, 9.17) is 9.88 Å². The maximum Gasteiger partial charge on any atom is 0.238 e. The molecule has 1 aliphatic rings. The summed E-state index contributed by atoms with van der Waals surface area (Å²) in [6.07, 6.45) is 3.23. The van der Waals surface area contributed by atoms with Crippen LogP contribution in [0.1, 0.15) is 29.3 Å². The molecule has 0 bridgehead atoms. The number of sulfonamides is 1. The van der Waals surface area contributed by atoms with Gasteiger partial charge in [-0.3, -0.25) is 4.98 Å². The summed E-state index contributed by atoms with van der Waals surface area (Å²) in [5.74, 6) is 0.570. The maximum absolute atomic E-state index is 11.4. The first-order valence-electron chi connectivity index (χ1n) is 6.68. The zero-order valence-corrected chi connectivity index (χ0v) is 12.4. The molecule has 6 heteroatoms. The van der Waals surface area contributed by atoms with Crippen molar-refractivity contribution in [3.8, 4) is 5.75 Å². The smallest absolute Gasteiger partial charge is 0.238 e. The lowest BCUT2D eigenvalue weighted by Crippen LogP contribution is -2.18. The van der Waals surface area contributed by atoms with E-state index in [0.717, 1.165) is 29.7 Å². The van der Waals surface area contributed by atoms with E-state index in [0.29, 0.717) is 5.75 Å². The Kier molecular flexibility index (Phi) is 3.43. The molecule has 0 spiro atoms. The van der Waals surface area contributed by atoms with E-state index in [1.54, 1.807) is 12.3 Å². The van der Waals surface area contributed by atoms with Crippen LogP contribution < -0.4 is 9.88 Å². The highest BCUT2D eigenvalue weighted by Gasteiger charge is 2.23. The molecule has 1 aliphatic heterocycles. The van der Waals surface area contributed by atoms with Gasteiger partial charge in [0.2, 0.25) is 10.0 Å². The fourth-order valence-electron chi connectivity index (χ4n) is 2.47. The summed E-state index contributed by atoms with van der Waals surface area (Å²) in [7, 11) is -3.72. The van der Waals surface area contributed by atoms with E-state index in [9.17, 15) is 8.42 Å². The molecule has 0 radical (unpaired) electrons. The van der Waals surface area contributed by atoms with Crippen molar-refractivity contribution in [1.29, 1.82) is 0 Å². The topological polar surface area (TPSA) is 82.3 Å². The average Bonchev–Trinajstić information content (AvgIpc) is 2.45. The molecule has 21 heavy (non-hydrogen) atoms. The largest absolute Gasteiger partial charge is 0.484 e. The number of pyridine rings is 1. The van der Waals surface area contributed by atoms with Gasteiger partial charge in [-0.2, -0.15) is 0 Å². The Morgan fingerprint density at radius 2 is 2.10 bits per heavy atom. The first kappa shape index (κ1) is 14.0. The lowest BCUT2D eigenvalue weighted by atomic mass is 10.00. The molecule has 5 nitrogen and oxygen atoms in total. The second kappa shape index (κ2) is 5.13. The van der Waals surface area contributed by atoms with Crippen LogP contribution in [0.3, 0.4) is 0 Å². The van der Waals surface area contributed by atoms with Crippen LogP contribution in [0.4, 0.5) is 0 Å². The summed E-state index contributed by atoms with van der Waals surface area (Å²) in [5.41, 5.74) is 2.97. The van der Waals surface area contributed by atoms with Gasteiger partial charge in [0.05, 0.1) is 10.6 Å². The quantitative estimate of drug-likeness (QED) is 0.921. The summed E-state index contributed by atoms with van der Waals surface area (Å²) in [6.45, 7) is 2.00. The number of hydrogen-bond acceptors (Lipinski definition) is 4. The lowest BCUT2D eigenvalue weighted by Gasteiger charge is -2.26. The highest BCUT2D eigenvalue weighted by Crippen LogP contribution is 2.35. The summed E-state index contributed by atoms with van der Waals surface area (Å²) >= 11 is 0. The molecule has 1 aromatic carbocycles. The van der Waals surface area contributed by atoms with Crippen LogP contribution >= 0.6 is 0 Å². The third kappa shape index (κ3) is 2.91. The van der Waals surface area contributed by atoms with Gasteiger partial charge in [-0.25, -0.2) is 13.6 Å². The summed E-state index contributed by atoms with van der Waals surface area (Å²) in [5, 5.41) is 5.16. The van der Waals surface area contributed by atoms with Crippen LogP contribution in [0.5, 0.6) is 5.75 Å². The third-order valence-corrected chi connectivity index (χ3v) is 4.49. The van der Waals surface area contributed by atoms with Crippen molar-refractivity contribution in [2.24, 2.45) is 5.14 Å². The molecule has 0 saturated carbocycles. The van der Waals surface area contributed by atoms with E-state index < -0.39 is 10.0 Å². The Morgan fingerprint density at radius 3 is 2.81 bits per heavy atom. The van der Waals surface area contributed by atoms with Gasteiger partial charge < -0.3 is 4.74 Å². The second-order valence-electron chi connectivity index (χ2n) is 5.22. The number of fused-ring (bicyclic) bond motifs is 1. The molecule has 3 rings (SSSR count). The van der Waals surface area contributed by atoms with Gasteiger partial charge in [0.1, 0.15) is 11.9 Å². The number of nitrogens with zero attached hydrogens (tertiary/aromatic N) is 1. The maximum atomic E-state index is 11.4. The van der Waals surface area contributed by atoms with E-state index in [2.05, 4.69) is 4.98 Å². The van der Waals surface area contributed by atoms with Crippen LogP contribution in [0.2, 0.25) is 0 Å². The van der Waals surface area contributed by atoms with Gasteiger partial charge in [0.25, 0.3) is 0 Å². The second-order valence-corrected chi connectivity index (χ2v) is 6.78. The van der Waals surface area contributed by atoms with E-state index >= 15 is 0 Å². The molecular formula is C15H16N2O3S. The first-order valence-corrected chi connectivity index (χ1v) is 8.23. The van der Waals surface area contributed by atoms with Crippen LogP contribution in [-0.4, -0.2) is 13.4 Å². The Labute approximate surface area is 123 Å². The zero-order valence-electron chi connectivity index (χ0n) is 11.6. The molecule has 0 saturated heterocycles. The summed E-state index contributed by atoms with van der Waals surface area (Å²) in [6, 6.07) is 8.68. The first-order chi connectivity index (χ1) is 9.93. The highest BCUT2D eigenvalue weighted by atomic mass is 32.2. The normalized spacial score (nSPS) is 17.9. The number of nitrogens with two attached hydrogens (primary N) is 1. The number of benzene rings is 1. The van der Waals surface area contributed by atoms with Crippen molar-refractivity contribution in [1.82, 2.24) is 4.98 Å². The van der Waals surface area contributed by atoms with Crippen molar-refractivity contribution in [3.63, 3.8) is 0 Å². The van der Waals surface area contributed by atoms with Crippen LogP contribution in [-0.2, 0) is 16.4 Å². The molecule has 2 N–H and O–H groups in total. The number of primary sulfonamides is 1. The predicted octanol–water partition coefficient (Wildman–Crippen LogP) is 2.10. The molecule has 0 aliphatic carbocycles. The average molecular weight is 304 g/mol. The molecule has 0 amide bonds. The highest BCUT2D eigenvalue weighted by molar-refractivity contribution is 7.89. The minimum absolute atomic E-state index is 0.0686. The molecule has 2 heterocycles. The third-order valence-electron chi connectivity index (χ3n) is 3.58. The van der Waals surface area contributed by atoms with Gasteiger partial charge >= 0.3 is 0 Å². The van der Waals surface area contributed by atoms with E-state index in [1.807, 2.05) is 19.1 Å². The standard InChI is InChI=1S/C15H16N2O3S/c1-10-6-7-17-13(8-10)14-5-3-11-2-4-12(21(16,18)19)9-15(11)20-14/h2,4,6-9,14H,3,5H2,1H3,(H2,16,18,19). The van der Waals surface area contributed by atoms with Gasteiger partial charge in [0.15, 0.2) is 0 Å². The van der Waals surface area contributed by atoms with Crippen molar-refractivity contribution in [3.05, 3.63) is 53.3 Å².